The van der Waals surface area contributed by atoms with Crippen LogP contribution < -0.4 is 4.72 Å². The Balaban J connectivity index is 2.02. The molecule has 2 aromatic carbocycles. The van der Waals surface area contributed by atoms with Crippen molar-refractivity contribution in [3.63, 3.8) is 0 Å². The molecule has 1 aromatic heterocycles. The number of rotatable bonds is 6. The van der Waals surface area contributed by atoms with E-state index in [4.69, 9.17) is 34.8 Å². The molecular weight excluding hydrogens is 479 g/mol. The van der Waals surface area contributed by atoms with Gasteiger partial charge in [-0.2, -0.15) is 0 Å². The van der Waals surface area contributed by atoms with Gasteiger partial charge in [-0.3, -0.25) is 4.72 Å². The molecule has 0 aliphatic rings. The highest BCUT2D eigenvalue weighted by atomic mass is 35.5. The third kappa shape index (κ3) is 5.21. The van der Waals surface area contributed by atoms with Crippen LogP contribution in [0.3, 0.4) is 0 Å². The minimum absolute atomic E-state index is 0.0377. The maximum absolute atomic E-state index is 12.9. The van der Waals surface area contributed by atoms with Crippen LogP contribution in [0.2, 0.25) is 15.1 Å². The monoisotopic (exact) mass is 490 g/mol. The first-order valence-electron chi connectivity index (χ1n) is 7.98. The van der Waals surface area contributed by atoms with Gasteiger partial charge in [-0.15, -0.1) is 0 Å². The van der Waals surface area contributed by atoms with Crippen LogP contribution in [-0.4, -0.2) is 21.8 Å². The molecule has 0 aliphatic carbocycles. The van der Waals surface area contributed by atoms with E-state index in [1.54, 1.807) is 30.3 Å². The number of anilines is 1. The van der Waals surface area contributed by atoms with Crippen LogP contribution in [0.15, 0.2) is 70.7 Å². The lowest BCUT2D eigenvalue weighted by Gasteiger charge is -2.13. The number of sulfonamides is 1. The van der Waals surface area contributed by atoms with Crippen molar-refractivity contribution in [1.29, 1.82) is 0 Å². The number of halogens is 3. The molecule has 152 valence electrons. The van der Waals surface area contributed by atoms with Crippen LogP contribution in [0.25, 0.3) is 0 Å². The summed E-state index contributed by atoms with van der Waals surface area (Å²) in [5.74, 6) is -0.357. The van der Waals surface area contributed by atoms with Crippen molar-refractivity contribution < 1.29 is 16.8 Å². The Morgan fingerprint density at radius 2 is 1.55 bits per heavy atom. The van der Waals surface area contributed by atoms with Gasteiger partial charge in [0, 0.05) is 6.20 Å². The molecule has 1 heterocycles. The summed E-state index contributed by atoms with van der Waals surface area (Å²) in [5.41, 5.74) is 0.266. The van der Waals surface area contributed by atoms with Crippen LogP contribution in [0.1, 0.15) is 5.56 Å². The lowest BCUT2D eigenvalue weighted by molar-refractivity contribution is 0.592. The Hall–Kier alpha value is -1.84. The number of aromatic nitrogens is 1. The van der Waals surface area contributed by atoms with Crippen molar-refractivity contribution in [1.82, 2.24) is 4.98 Å². The van der Waals surface area contributed by atoms with Gasteiger partial charge in [0.15, 0.2) is 5.03 Å². The Morgan fingerprint density at radius 1 is 0.862 bits per heavy atom. The van der Waals surface area contributed by atoms with Gasteiger partial charge in [-0.25, -0.2) is 21.8 Å². The van der Waals surface area contributed by atoms with Crippen molar-refractivity contribution >= 4 is 60.4 Å². The van der Waals surface area contributed by atoms with E-state index in [9.17, 15) is 16.8 Å². The molecule has 0 atom stereocenters. The van der Waals surface area contributed by atoms with Gasteiger partial charge >= 0.3 is 0 Å². The molecule has 0 bridgehead atoms. The first-order valence-corrected chi connectivity index (χ1v) is 12.3. The second-order valence-electron chi connectivity index (χ2n) is 5.93. The zero-order valence-electron chi connectivity index (χ0n) is 14.5. The molecule has 11 heteroatoms. The molecule has 0 saturated heterocycles. The average molecular weight is 492 g/mol. The van der Waals surface area contributed by atoms with Crippen molar-refractivity contribution in [3.8, 4) is 0 Å². The van der Waals surface area contributed by atoms with Crippen LogP contribution in [0.4, 0.5) is 5.69 Å². The van der Waals surface area contributed by atoms with E-state index in [-0.39, 0.29) is 31.4 Å². The predicted molar refractivity (Wildman–Crippen MR) is 114 cm³/mol. The second-order valence-corrected chi connectivity index (χ2v) is 10.8. The summed E-state index contributed by atoms with van der Waals surface area (Å²) >= 11 is 17.6. The first kappa shape index (κ1) is 21.9. The number of hydrogen-bond donors (Lipinski definition) is 1. The second kappa shape index (κ2) is 8.49. The standard InChI is InChI=1S/C18H13Cl3N2O4S2/c19-13-8-17(23-29(26,27)14-6-7-15(20)16(21)9-14)18(22-10-13)28(24,25)11-12-4-2-1-3-5-12/h1-10,23H,11H2. The zero-order valence-corrected chi connectivity index (χ0v) is 18.4. The zero-order chi connectivity index (χ0) is 21.2. The number of nitrogens with zero attached hydrogens (tertiary/aromatic N) is 1. The Morgan fingerprint density at radius 3 is 2.21 bits per heavy atom. The molecule has 29 heavy (non-hydrogen) atoms. The molecule has 0 spiro atoms. The third-order valence-electron chi connectivity index (χ3n) is 3.76. The molecule has 3 aromatic rings. The highest BCUT2D eigenvalue weighted by molar-refractivity contribution is 7.93. The lowest BCUT2D eigenvalue weighted by atomic mass is 10.2. The van der Waals surface area contributed by atoms with Gasteiger partial charge < -0.3 is 0 Å². The summed E-state index contributed by atoms with van der Waals surface area (Å²) in [6.07, 6.45) is 1.14. The molecule has 6 nitrogen and oxygen atoms in total. The minimum Gasteiger partial charge on any atom is -0.277 e. The van der Waals surface area contributed by atoms with E-state index in [1.165, 1.54) is 18.2 Å². The highest BCUT2D eigenvalue weighted by Gasteiger charge is 2.25. The van der Waals surface area contributed by atoms with E-state index in [0.29, 0.717) is 5.56 Å². The molecule has 0 fully saturated rings. The summed E-state index contributed by atoms with van der Waals surface area (Å²) in [7, 11) is -8.16. The van der Waals surface area contributed by atoms with Crippen LogP contribution in [0.5, 0.6) is 0 Å². The fraction of sp³-hybridized carbons (Fsp3) is 0.0556. The molecule has 1 N–H and O–H groups in total. The van der Waals surface area contributed by atoms with E-state index in [0.717, 1.165) is 12.3 Å². The third-order valence-corrected chi connectivity index (χ3v) is 7.69. The number of hydrogen-bond acceptors (Lipinski definition) is 5. The Bertz CT molecular complexity index is 1270. The largest absolute Gasteiger partial charge is 0.277 e. The molecule has 0 aliphatic heterocycles. The Labute approximate surface area is 183 Å². The molecular formula is C18H13Cl3N2O4S2. The van der Waals surface area contributed by atoms with E-state index >= 15 is 0 Å². The lowest BCUT2D eigenvalue weighted by Crippen LogP contribution is -2.17. The van der Waals surface area contributed by atoms with E-state index in [1.807, 2.05) is 0 Å². The van der Waals surface area contributed by atoms with Gasteiger partial charge in [0.2, 0.25) is 9.84 Å². The average Bonchev–Trinajstić information content (AvgIpc) is 2.64. The van der Waals surface area contributed by atoms with Crippen LogP contribution >= 0.6 is 34.8 Å². The van der Waals surface area contributed by atoms with E-state index < -0.39 is 24.9 Å². The summed E-state index contributed by atoms with van der Waals surface area (Å²) < 4.78 is 53.4. The Kier molecular flexibility index (Phi) is 6.40. The quantitative estimate of drug-likeness (QED) is 0.534. The molecule has 3 rings (SSSR count). The summed E-state index contributed by atoms with van der Waals surface area (Å²) in [4.78, 5) is 3.67. The normalized spacial score (nSPS) is 12.0. The predicted octanol–water partition coefficient (Wildman–Crippen LogP) is 4.82. The highest BCUT2D eigenvalue weighted by Crippen LogP contribution is 2.30. The molecule has 0 saturated carbocycles. The maximum atomic E-state index is 12.9. The van der Waals surface area contributed by atoms with Crippen LogP contribution in [-0.2, 0) is 25.6 Å². The number of nitrogens with one attached hydrogen (secondary N) is 1. The van der Waals surface area contributed by atoms with Gasteiger partial charge in [0.05, 0.1) is 31.4 Å². The number of sulfone groups is 1. The van der Waals surface area contributed by atoms with Gasteiger partial charge in [0.1, 0.15) is 0 Å². The van der Waals surface area contributed by atoms with Crippen LogP contribution in [0, 0.1) is 0 Å². The molecule has 0 radical (unpaired) electrons. The molecule has 0 amide bonds. The number of benzene rings is 2. The SMILES string of the molecule is O=S(=O)(Cc1ccccc1)c1ncc(Cl)cc1NS(=O)(=O)c1ccc(Cl)c(Cl)c1. The maximum Gasteiger partial charge on any atom is 0.262 e. The fourth-order valence-electron chi connectivity index (χ4n) is 2.46. The first-order chi connectivity index (χ1) is 13.6. The van der Waals surface area contributed by atoms with Crippen molar-refractivity contribution in [2.75, 3.05) is 4.72 Å². The smallest absolute Gasteiger partial charge is 0.262 e. The van der Waals surface area contributed by atoms with Gasteiger partial charge in [-0.1, -0.05) is 65.1 Å². The van der Waals surface area contributed by atoms with Crippen molar-refractivity contribution in [2.45, 2.75) is 15.7 Å². The number of pyridine rings is 1. The van der Waals surface area contributed by atoms with E-state index in [2.05, 4.69) is 9.71 Å². The van der Waals surface area contributed by atoms with Gasteiger partial charge in [0.25, 0.3) is 10.0 Å². The van der Waals surface area contributed by atoms with Crippen molar-refractivity contribution in [3.05, 3.63) is 81.4 Å². The topological polar surface area (TPSA) is 93.2 Å². The summed E-state index contributed by atoms with van der Waals surface area (Å²) in [6, 6.07) is 13.4. The molecule has 0 unspecified atom stereocenters. The van der Waals surface area contributed by atoms with Gasteiger partial charge in [-0.05, 0) is 29.8 Å². The summed E-state index contributed by atoms with van der Waals surface area (Å²) in [6.45, 7) is 0. The van der Waals surface area contributed by atoms with Crippen molar-refractivity contribution in [2.24, 2.45) is 0 Å². The minimum atomic E-state index is -4.18. The fourth-order valence-corrected chi connectivity index (χ4v) is 5.55. The summed E-state index contributed by atoms with van der Waals surface area (Å²) in [5, 5.41) is -0.151.